The van der Waals surface area contributed by atoms with Gasteiger partial charge in [-0.1, -0.05) is 11.8 Å². The molecule has 0 atom stereocenters. The van der Waals surface area contributed by atoms with Gasteiger partial charge in [0.1, 0.15) is 28.5 Å². The molecule has 1 aromatic heterocycles. The molecule has 3 heterocycles. The molecule has 0 unspecified atom stereocenters. The molecule has 9 heteroatoms. The van der Waals surface area contributed by atoms with E-state index < -0.39 is 11.6 Å². The normalized spacial score (nSPS) is 17.1. The third-order valence-electron chi connectivity index (χ3n) is 5.70. The number of thioether (sulfide) groups is 1. The Bertz CT molecular complexity index is 1000. The van der Waals surface area contributed by atoms with Gasteiger partial charge in [-0.3, -0.25) is 4.79 Å². The van der Waals surface area contributed by atoms with Gasteiger partial charge < -0.3 is 19.1 Å². The zero-order chi connectivity index (χ0) is 22.0. The summed E-state index contributed by atoms with van der Waals surface area (Å²) in [7, 11) is 1.59. The molecule has 2 aliphatic rings. The lowest BCUT2D eigenvalue weighted by Crippen LogP contribution is -2.51. The van der Waals surface area contributed by atoms with Crippen LogP contribution in [0.2, 0.25) is 0 Å². The summed E-state index contributed by atoms with van der Waals surface area (Å²) in [5.74, 6) is 1.44. The second-order valence-electron chi connectivity index (χ2n) is 7.55. The van der Waals surface area contributed by atoms with Crippen LogP contribution in [0.5, 0.6) is 11.5 Å². The van der Waals surface area contributed by atoms with Crippen LogP contribution >= 0.6 is 11.8 Å². The quantitative estimate of drug-likeness (QED) is 0.392. The van der Waals surface area contributed by atoms with E-state index in [1.54, 1.807) is 32.2 Å². The average molecular weight is 444 g/mol. The number of Topliss-reactive ketones (excluding diaryl/α,β-unsaturated/α-hetero) is 1. The molecule has 31 heavy (non-hydrogen) atoms. The number of carbonyl (C=O) groups is 2. The van der Waals surface area contributed by atoms with Gasteiger partial charge in [-0.05, 0) is 25.3 Å². The van der Waals surface area contributed by atoms with E-state index in [1.807, 2.05) is 11.2 Å². The summed E-state index contributed by atoms with van der Waals surface area (Å²) >= 11 is 1.42. The molecule has 8 nitrogen and oxygen atoms in total. The number of ether oxygens (including phenoxy) is 3. The minimum atomic E-state index is -0.563. The predicted octanol–water partition coefficient (Wildman–Crippen LogP) is 3.39. The highest BCUT2D eigenvalue weighted by Gasteiger charge is 2.43. The van der Waals surface area contributed by atoms with Crippen LogP contribution in [0.3, 0.4) is 0 Å². The van der Waals surface area contributed by atoms with Crippen LogP contribution in [-0.4, -0.2) is 60.4 Å². The number of methoxy groups -OCH3 is 1. The predicted molar refractivity (Wildman–Crippen MR) is 117 cm³/mol. The lowest BCUT2D eigenvalue weighted by Gasteiger charge is -2.44. The van der Waals surface area contributed by atoms with Crippen LogP contribution in [0.15, 0.2) is 29.6 Å². The Balaban J connectivity index is 1.56. The number of anilines is 1. The Morgan fingerprint density at radius 1 is 1.32 bits per heavy atom. The number of carbonyl (C=O) groups excluding carboxylic acids is 2. The second-order valence-corrected chi connectivity index (χ2v) is 8.32. The lowest BCUT2D eigenvalue weighted by atomic mass is 9.82. The monoisotopic (exact) mass is 443 g/mol. The fourth-order valence-corrected chi connectivity index (χ4v) is 4.39. The van der Waals surface area contributed by atoms with E-state index in [4.69, 9.17) is 14.2 Å². The molecule has 164 valence electrons. The standard InChI is InChI=1S/C22H25N3O5S/c1-4-29-20(27)16-13-23-21(31-3)24-19(16)25-9-7-22(8-10-25)12-17(26)15-6-5-14(28-2)11-18(15)30-22/h5-6,11,13H,4,7-10,12H2,1-3H3. The summed E-state index contributed by atoms with van der Waals surface area (Å²) in [4.78, 5) is 36.1. The number of hydrogen-bond donors (Lipinski definition) is 0. The van der Waals surface area contributed by atoms with E-state index in [0.717, 1.165) is 0 Å². The highest BCUT2D eigenvalue weighted by Crippen LogP contribution is 2.41. The van der Waals surface area contributed by atoms with Crippen molar-refractivity contribution in [2.24, 2.45) is 0 Å². The third-order valence-corrected chi connectivity index (χ3v) is 6.26. The molecule has 4 rings (SSSR count). The third kappa shape index (κ3) is 4.19. The number of esters is 1. The van der Waals surface area contributed by atoms with E-state index >= 15 is 0 Å². The molecule has 0 radical (unpaired) electrons. The fourth-order valence-electron chi connectivity index (χ4n) is 4.06. The van der Waals surface area contributed by atoms with Gasteiger partial charge in [0.05, 0.1) is 25.7 Å². The van der Waals surface area contributed by atoms with Crippen molar-refractivity contribution in [3.63, 3.8) is 0 Å². The van der Waals surface area contributed by atoms with Crippen molar-refractivity contribution in [2.75, 3.05) is 38.0 Å². The lowest BCUT2D eigenvalue weighted by molar-refractivity contribution is 0.0229. The zero-order valence-electron chi connectivity index (χ0n) is 17.8. The van der Waals surface area contributed by atoms with Crippen molar-refractivity contribution < 1.29 is 23.8 Å². The van der Waals surface area contributed by atoms with Gasteiger partial charge in [0.15, 0.2) is 10.9 Å². The summed E-state index contributed by atoms with van der Waals surface area (Å²) < 4.78 is 16.8. The molecular formula is C22H25N3O5S. The first-order valence-electron chi connectivity index (χ1n) is 10.2. The summed E-state index contributed by atoms with van der Waals surface area (Å²) in [6.45, 7) is 3.25. The highest BCUT2D eigenvalue weighted by molar-refractivity contribution is 7.98. The Hall–Kier alpha value is -2.81. The van der Waals surface area contributed by atoms with Crippen LogP contribution in [0.1, 0.15) is 46.9 Å². The van der Waals surface area contributed by atoms with Gasteiger partial charge in [0.25, 0.3) is 0 Å². The number of hydrogen-bond acceptors (Lipinski definition) is 9. The molecule has 2 aromatic rings. The van der Waals surface area contributed by atoms with E-state index in [0.29, 0.717) is 66.0 Å². The number of ketones is 1. The summed E-state index contributed by atoms with van der Waals surface area (Å²) in [5.41, 5.74) is 0.386. The Kier molecular flexibility index (Phi) is 6.04. The highest BCUT2D eigenvalue weighted by atomic mass is 32.2. The van der Waals surface area contributed by atoms with Gasteiger partial charge in [-0.25, -0.2) is 14.8 Å². The molecule has 0 amide bonds. The molecule has 0 N–H and O–H groups in total. The van der Waals surface area contributed by atoms with Gasteiger partial charge in [-0.2, -0.15) is 0 Å². The number of aromatic nitrogens is 2. The molecule has 1 spiro atoms. The van der Waals surface area contributed by atoms with Crippen LogP contribution in [0, 0.1) is 0 Å². The van der Waals surface area contributed by atoms with Crippen molar-refractivity contribution >= 4 is 29.3 Å². The number of piperidine rings is 1. The van der Waals surface area contributed by atoms with E-state index in [-0.39, 0.29) is 12.4 Å². The molecule has 0 bridgehead atoms. The average Bonchev–Trinajstić information content (AvgIpc) is 2.79. The maximum absolute atomic E-state index is 12.8. The minimum Gasteiger partial charge on any atom is -0.497 e. The smallest absolute Gasteiger partial charge is 0.343 e. The Morgan fingerprint density at radius 3 is 2.77 bits per heavy atom. The largest absolute Gasteiger partial charge is 0.497 e. The van der Waals surface area contributed by atoms with Gasteiger partial charge in [0, 0.05) is 38.2 Å². The Morgan fingerprint density at radius 2 is 2.10 bits per heavy atom. The molecule has 0 saturated carbocycles. The van der Waals surface area contributed by atoms with E-state index in [2.05, 4.69) is 9.97 Å². The van der Waals surface area contributed by atoms with Crippen LogP contribution in [0.25, 0.3) is 0 Å². The first-order chi connectivity index (χ1) is 15.0. The van der Waals surface area contributed by atoms with Crippen LogP contribution < -0.4 is 14.4 Å². The molecular weight excluding hydrogens is 418 g/mol. The van der Waals surface area contributed by atoms with Crippen molar-refractivity contribution in [2.45, 2.75) is 36.9 Å². The summed E-state index contributed by atoms with van der Waals surface area (Å²) in [5, 5.41) is 0.591. The molecule has 1 fully saturated rings. The summed E-state index contributed by atoms with van der Waals surface area (Å²) in [6.07, 6.45) is 5.03. The van der Waals surface area contributed by atoms with E-state index in [9.17, 15) is 9.59 Å². The minimum absolute atomic E-state index is 0.0799. The number of benzene rings is 1. The van der Waals surface area contributed by atoms with Gasteiger partial charge in [-0.15, -0.1) is 0 Å². The number of rotatable bonds is 5. The molecule has 1 aromatic carbocycles. The topological polar surface area (TPSA) is 90.9 Å². The van der Waals surface area contributed by atoms with Gasteiger partial charge >= 0.3 is 5.97 Å². The summed E-state index contributed by atoms with van der Waals surface area (Å²) in [6, 6.07) is 5.31. The first-order valence-corrected chi connectivity index (χ1v) is 11.4. The SMILES string of the molecule is CCOC(=O)c1cnc(SC)nc1N1CCC2(CC1)CC(=O)c1ccc(OC)cc1O2. The first kappa shape index (κ1) is 21.4. The number of nitrogens with zero attached hydrogens (tertiary/aromatic N) is 3. The van der Waals surface area contributed by atoms with Gasteiger partial charge in [0.2, 0.25) is 0 Å². The van der Waals surface area contributed by atoms with E-state index in [1.165, 1.54) is 18.0 Å². The van der Waals surface area contributed by atoms with Crippen LogP contribution in [-0.2, 0) is 4.74 Å². The maximum Gasteiger partial charge on any atom is 0.343 e. The molecule has 1 saturated heterocycles. The fraction of sp³-hybridized carbons (Fsp3) is 0.455. The van der Waals surface area contributed by atoms with Crippen molar-refractivity contribution in [1.82, 2.24) is 9.97 Å². The number of fused-ring (bicyclic) bond motifs is 1. The second kappa shape index (κ2) is 8.74. The Labute approximate surface area is 185 Å². The van der Waals surface area contributed by atoms with Crippen LogP contribution in [0.4, 0.5) is 5.82 Å². The molecule has 0 aliphatic carbocycles. The molecule has 2 aliphatic heterocycles. The zero-order valence-corrected chi connectivity index (χ0v) is 18.7. The van der Waals surface area contributed by atoms with Crippen molar-refractivity contribution in [3.05, 3.63) is 35.5 Å². The maximum atomic E-state index is 12.8. The van der Waals surface area contributed by atoms with Crippen molar-refractivity contribution in [1.29, 1.82) is 0 Å². The van der Waals surface area contributed by atoms with Crippen molar-refractivity contribution in [3.8, 4) is 11.5 Å².